The highest BCUT2D eigenvalue weighted by atomic mass is 79.9. The average Bonchev–Trinajstić information content (AvgIpc) is 2.76. The molecule has 0 aliphatic rings. The lowest BCUT2D eigenvalue weighted by atomic mass is 10.4. The standard InChI is InChI=1S/C10H11BrN4S/c1-2-12-6-9-14-15-10(16-9)8-4-3-7(11)5-13-8/h3-5,12H,2,6H2,1H3. The molecular weight excluding hydrogens is 288 g/mol. The minimum Gasteiger partial charge on any atom is -0.311 e. The second kappa shape index (κ2) is 5.47. The number of halogens is 1. The first-order chi connectivity index (χ1) is 7.79. The largest absolute Gasteiger partial charge is 0.311 e. The highest BCUT2D eigenvalue weighted by molar-refractivity contribution is 9.10. The van der Waals surface area contributed by atoms with Gasteiger partial charge in [-0.1, -0.05) is 18.3 Å². The van der Waals surface area contributed by atoms with Crippen molar-refractivity contribution in [3.05, 3.63) is 27.8 Å². The Morgan fingerprint density at radius 3 is 2.94 bits per heavy atom. The number of nitrogens with zero attached hydrogens (tertiary/aromatic N) is 3. The van der Waals surface area contributed by atoms with Gasteiger partial charge in [0.1, 0.15) is 10.7 Å². The molecule has 0 aliphatic carbocycles. The minimum atomic E-state index is 0.769. The number of rotatable bonds is 4. The van der Waals surface area contributed by atoms with Crippen molar-refractivity contribution in [1.82, 2.24) is 20.5 Å². The molecule has 2 aromatic heterocycles. The van der Waals surface area contributed by atoms with Gasteiger partial charge in [0.15, 0.2) is 5.01 Å². The quantitative estimate of drug-likeness (QED) is 0.942. The fraction of sp³-hybridized carbons (Fsp3) is 0.300. The second-order valence-electron chi connectivity index (χ2n) is 3.14. The molecular formula is C10H11BrN4S. The van der Waals surface area contributed by atoms with Gasteiger partial charge in [-0.2, -0.15) is 0 Å². The molecule has 4 nitrogen and oxygen atoms in total. The molecule has 0 fully saturated rings. The Morgan fingerprint density at radius 1 is 1.38 bits per heavy atom. The van der Waals surface area contributed by atoms with Crippen LogP contribution in [0.5, 0.6) is 0 Å². The molecule has 0 saturated carbocycles. The molecule has 0 spiro atoms. The van der Waals surface area contributed by atoms with Gasteiger partial charge in [-0.15, -0.1) is 10.2 Å². The van der Waals surface area contributed by atoms with E-state index in [1.54, 1.807) is 17.5 Å². The summed E-state index contributed by atoms with van der Waals surface area (Å²) >= 11 is 4.92. The molecule has 84 valence electrons. The van der Waals surface area contributed by atoms with Gasteiger partial charge in [0, 0.05) is 17.2 Å². The molecule has 2 heterocycles. The van der Waals surface area contributed by atoms with Crippen LogP contribution in [0.1, 0.15) is 11.9 Å². The van der Waals surface area contributed by atoms with Gasteiger partial charge < -0.3 is 5.32 Å². The van der Waals surface area contributed by atoms with Crippen molar-refractivity contribution in [3.8, 4) is 10.7 Å². The molecule has 0 unspecified atom stereocenters. The van der Waals surface area contributed by atoms with Crippen LogP contribution in [0, 0.1) is 0 Å². The summed E-state index contributed by atoms with van der Waals surface area (Å²) in [7, 11) is 0. The number of aromatic nitrogens is 3. The maximum absolute atomic E-state index is 4.28. The van der Waals surface area contributed by atoms with Crippen molar-refractivity contribution < 1.29 is 0 Å². The summed E-state index contributed by atoms with van der Waals surface area (Å²) in [5, 5.41) is 13.3. The first kappa shape index (κ1) is 11.6. The summed E-state index contributed by atoms with van der Waals surface area (Å²) < 4.78 is 0.966. The Labute approximate surface area is 106 Å². The van der Waals surface area contributed by atoms with Crippen LogP contribution >= 0.6 is 27.3 Å². The smallest absolute Gasteiger partial charge is 0.166 e. The zero-order valence-corrected chi connectivity index (χ0v) is 11.2. The lowest BCUT2D eigenvalue weighted by Crippen LogP contribution is -2.11. The Bertz CT molecular complexity index is 454. The first-order valence-electron chi connectivity index (χ1n) is 4.94. The topological polar surface area (TPSA) is 50.7 Å². The fourth-order valence-electron chi connectivity index (χ4n) is 1.16. The van der Waals surface area contributed by atoms with Crippen molar-refractivity contribution in [1.29, 1.82) is 0 Å². The van der Waals surface area contributed by atoms with Crippen LogP contribution in [0.3, 0.4) is 0 Å². The highest BCUT2D eigenvalue weighted by Gasteiger charge is 2.06. The lowest BCUT2D eigenvalue weighted by Gasteiger charge is -1.94. The third-order valence-electron chi connectivity index (χ3n) is 1.94. The number of pyridine rings is 1. The number of hydrogen-bond donors (Lipinski definition) is 1. The molecule has 0 amide bonds. The van der Waals surface area contributed by atoms with E-state index >= 15 is 0 Å². The molecule has 0 radical (unpaired) electrons. The lowest BCUT2D eigenvalue weighted by molar-refractivity contribution is 0.715. The summed E-state index contributed by atoms with van der Waals surface area (Å²) in [4.78, 5) is 4.28. The van der Waals surface area contributed by atoms with Crippen molar-refractivity contribution in [3.63, 3.8) is 0 Å². The van der Waals surface area contributed by atoms with Gasteiger partial charge in [-0.05, 0) is 34.6 Å². The third-order valence-corrected chi connectivity index (χ3v) is 3.35. The van der Waals surface area contributed by atoms with E-state index in [2.05, 4.69) is 43.4 Å². The van der Waals surface area contributed by atoms with Crippen molar-refractivity contribution in [2.75, 3.05) is 6.54 Å². The van der Waals surface area contributed by atoms with Gasteiger partial charge in [0.25, 0.3) is 0 Å². The minimum absolute atomic E-state index is 0.769. The van der Waals surface area contributed by atoms with Gasteiger partial charge >= 0.3 is 0 Å². The predicted octanol–water partition coefficient (Wildman–Crippen LogP) is 2.47. The molecule has 16 heavy (non-hydrogen) atoms. The van der Waals surface area contributed by atoms with E-state index in [1.165, 1.54) is 0 Å². The fourth-order valence-corrected chi connectivity index (χ4v) is 2.18. The average molecular weight is 299 g/mol. The number of hydrogen-bond acceptors (Lipinski definition) is 5. The summed E-state index contributed by atoms with van der Waals surface area (Å²) in [6, 6.07) is 3.88. The van der Waals surface area contributed by atoms with Crippen molar-refractivity contribution in [2.45, 2.75) is 13.5 Å². The van der Waals surface area contributed by atoms with E-state index in [4.69, 9.17) is 0 Å². The summed E-state index contributed by atoms with van der Waals surface area (Å²) in [5.74, 6) is 0. The molecule has 2 rings (SSSR count). The second-order valence-corrected chi connectivity index (χ2v) is 5.12. The molecule has 2 aromatic rings. The van der Waals surface area contributed by atoms with E-state index < -0.39 is 0 Å². The van der Waals surface area contributed by atoms with Crippen molar-refractivity contribution in [2.24, 2.45) is 0 Å². The molecule has 0 saturated heterocycles. The van der Waals surface area contributed by atoms with E-state index in [0.29, 0.717) is 0 Å². The zero-order valence-electron chi connectivity index (χ0n) is 8.77. The molecule has 0 aromatic carbocycles. The van der Waals surface area contributed by atoms with Gasteiger partial charge in [-0.25, -0.2) is 0 Å². The van der Waals surface area contributed by atoms with Crippen LogP contribution in [0.15, 0.2) is 22.8 Å². The maximum atomic E-state index is 4.28. The number of nitrogens with one attached hydrogen (secondary N) is 1. The van der Waals surface area contributed by atoms with E-state index in [9.17, 15) is 0 Å². The van der Waals surface area contributed by atoms with Crippen LogP contribution in [0.4, 0.5) is 0 Å². The Morgan fingerprint density at radius 2 is 2.25 bits per heavy atom. The highest BCUT2D eigenvalue weighted by Crippen LogP contribution is 2.22. The van der Waals surface area contributed by atoms with Crippen LogP contribution in [-0.4, -0.2) is 21.7 Å². The predicted molar refractivity (Wildman–Crippen MR) is 68.2 cm³/mol. The molecule has 0 aliphatic heterocycles. The monoisotopic (exact) mass is 298 g/mol. The molecule has 0 atom stereocenters. The van der Waals surface area contributed by atoms with Gasteiger partial charge in [0.05, 0.1) is 0 Å². The van der Waals surface area contributed by atoms with Gasteiger partial charge in [0.2, 0.25) is 0 Å². The molecule has 1 N–H and O–H groups in total. The Kier molecular flexibility index (Phi) is 3.98. The van der Waals surface area contributed by atoms with E-state index in [1.807, 2.05) is 12.1 Å². The summed E-state index contributed by atoms with van der Waals surface area (Å²) in [6.45, 7) is 3.77. The van der Waals surface area contributed by atoms with Crippen LogP contribution in [0.25, 0.3) is 10.7 Å². The van der Waals surface area contributed by atoms with Crippen LogP contribution in [-0.2, 0) is 6.54 Å². The first-order valence-corrected chi connectivity index (χ1v) is 6.55. The van der Waals surface area contributed by atoms with Crippen LogP contribution < -0.4 is 5.32 Å². The van der Waals surface area contributed by atoms with E-state index in [0.717, 1.165) is 33.3 Å². The van der Waals surface area contributed by atoms with Crippen LogP contribution in [0.2, 0.25) is 0 Å². The van der Waals surface area contributed by atoms with E-state index in [-0.39, 0.29) is 0 Å². The zero-order chi connectivity index (χ0) is 11.4. The normalized spacial score (nSPS) is 10.6. The molecule has 6 heteroatoms. The summed E-state index contributed by atoms with van der Waals surface area (Å²) in [6.07, 6.45) is 1.76. The third kappa shape index (κ3) is 2.84. The Balaban J connectivity index is 2.15. The molecule has 0 bridgehead atoms. The SMILES string of the molecule is CCNCc1nnc(-c2ccc(Br)cn2)s1. The summed E-state index contributed by atoms with van der Waals surface area (Å²) in [5.41, 5.74) is 0.864. The van der Waals surface area contributed by atoms with Gasteiger partial charge in [-0.3, -0.25) is 4.98 Å². The Hall–Kier alpha value is -0.850. The maximum Gasteiger partial charge on any atom is 0.166 e. The van der Waals surface area contributed by atoms with Crippen molar-refractivity contribution >= 4 is 27.3 Å².